The zero-order valence-corrected chi connectivity index (χ0v) is 12.2. The third-order valence-electron chi connectivity index (χ3n) is 4.09. The maximum Gasteiger partial charge on any atom is 0.319 e. The van der Waals surface area contributed by atoms with Crippen molar-refractivity contribution in [2.24, 2.45) is 0 Å². The summed E-state index contributed by atoms with van der Waals surface area (Å²) in [5.41, 5.74) is 0.772. The number of anilines is 1. The molecule has 1 atom stereocenters. The van der Waals surface area contributed by atoms with Gasteiger partial charge in [0.2, 0.25) is 0 Å². The summed E-state index contributed by atoms with van der Waals surface area (Å²) < 4.78 is 5.95. The molecule has 2 aliphatic rings. The molecule has 21 heavy (non-hydrogen) atoms. The molecule has 3 rings (SSSR count). The van der Waals surface area contributed by atoms with E-state index < -0.39 is 0 Å². The summed E-state index contributed by atoms with van der Waals surface area (Å²) in [5.74, 6) is 0.835. The normalized spacial score (nSPS) is 22.2. The molecule has 5 nitrogen and oxygen atoms in total. The van der Waals surface area contributed by atoms with E-state index in [4.69, 9.17) is 4.74 Å². The first-order valence-electron chi connectivity index (χ1n) is 7.84. The number of hydrogen-bond acceptors (Lipinski definition) is 3. The highest BCUT2D eigenvalue weighted by atomic mass is 16.5. The number of hydrogen-bond donors (Lipinski definition) is 3. The highest BCUT2D eigenvalue weighted by molar-refractivity contribution is 5.89. The van der Waals surface area contributed by atoms with E-state index in [0.29, 0.717) is 6.10 Å². The van der Waals surface area contributed by atoms with E-state index in [1.807, 2.05) is 24.3 Å². The zero-order chi connectivity index (χ0) is 14.5. The minimum absolute atomic E-state index is 0.151. The summed E-state index contributed by atoms with van der Waals surface area (Å²) in [6, 6.07) is 7.71. The number of carbonyl (C=O) groups excluding carboxylic acids is 1. The van der Waals surface area contributed by atoms with Gasteiger partial charge in [-0.25, -0.2) is 4.79 Å². The van der Waals surface area contributed by atoms with Gasteiger partial charge in [0.15, 0.2) is 0 Å². The van der Waals surface area contributed by atoms with E-state index in [0.717, 1.165) is 43.8 Å². The topological polar surface area (TPSA) is 62.4 Å². The van der Waals surface area contributed by atoms with Crippen molar-refractivity contribution >= 4 is 11.7 Å². The van der Waals surface area contributed by atoms with Crippen molar-refractivity contribution in [3.8, 4) is 5.75 Å². The molecule has 2 fully saturated rings. The van der Waals surface area contributed by atoms with Gasteiger partial charge in [0, 0.05) is 24.3 Å². The van der Waals surface area contributed by atoms with Crippen molar-refractivity contribution in [2.75, 3.05) is 18.4 Å². The van der Waals surface area contributed by atoms with Gasteiger partial charge in [0.05, 0.1) is 6.10 Å². The molecule has 0 bridgehead atoms. The third-order valence-corrected chi connectivity index (χ3v) is 4.09. The summed E-state index contributed by atoms with van der Waals surface area (Å²) in [6.45, 7) is 1.81. The Morgan fingerprint density at radius 1 is 1.24 bits per heavy atom. The second-order valence-corrected chi connectivity index (χ2v) is 5.84. The van der Waals surface area contributed by atoms with Crippen LogP contribution in [0.1, 0.15) is 32.1 Å². The fourth-order valence-corrected chi connectivity index (χ4v) is 2.98. The number of nitrogens with one attached hydrogen (secondary N) is 3. The van der Waals surface area contributed by atoms with Crippen LogP contribution in [0.15, 0.2) is 24.3 Å². The summed E-state index contributed by atoms with van der Waals surface area (Å²) in [5, 5.41) is 9.07. The lowest BCUT2D eigenvalue weighted by Crippen LogP contribution is -2.39. The van der Waals surface area contributed by atoms with Gasteiger partial charge in [-0.05, 0) is 50.8 Å². The Bertz CT molecular complexity index is 480. The largest absolute Gasteiger partial charge is 0.490 e. The molecule has 1 unspecified atom stereocenters. The number of amides is 2. The van der Waals surface area contributed by atoms with Crippen LogP contribution in [0.3, 0.4) is 0 Å². The lowest BCUT2D eigenvalue weighted by Gasteiger charge is -2.15. The van der Waals surface area contributed by atoms with Crippen molar-refractivity contribution in [1.29, 1.82) is 0 Å². The minimum Gasteiger partial charge on any atom is -0.490 e. The predicted molar refractivity (Wildman–Crippen MR) is 82.8 cm³/mol. The van der Waals surface area contributed by atoms with Gasteiger partial charge in [0.25, 0.3) is 0 Å². The Balaban J connectivity index is 1.53. The molecule has 5 heteroatoms. The molecule has 1 heterocycles. The molecule has 0 radical (unpaired) electrons. The fraction of sp³-hybridized carbons (Fsp3) is 0.562. The molecule has 0 spiro atoms. The molecule has 1 aliphatic heterocycles. The first kappa shape index (κ1) is 14.2. The quantitative estimate of drug-likeness (QED) is 0.798. The van der Waals surface area contributed by atoms with Crippen molar-refractivity contribution < 1.29 is 9.53 Å². The molecular weight excluding hydrogens is 266 g/mol. The molecule has 0 aromatic heterocycles. The van der Waals surface area contributed by atoms with E-state index in [1.165, 1.54) is 12.8 Å². The summed E-state index contributed by atoms with van der Waals surface area (Å²) in [7, 11) is 0. The number of carbonyl (C=O) groups is 1. The molecule has 114 valence electrons. The molecular formula is C16H23N3O2. The van der Waals surface area contributed by atoms with E-state index in [2.05, 4.69) is 16.0 Å². The van der Waals surface area contributed by atoms with Gasteiger partial charge in [-0.3, -0.25) is 0 Å². The smallest absolute Gasteiger partial charge is 0.319 e. The van der Waals surface area contributed by atoms with Gasteiger partial charge >= 0.3 is 6.03 Å². The van der Waals surface area contributed by atoms with Gasteiger partial charge in [-0.2, -0.15) is 0 Å². The Morgan fingerprint density at radius 2 is 2.10 bits per heavy atom. The Morgan fingerprint density at radius 3 is 2.86 bits per heavy atom. The van der Waals surface area contributed by atoms with Crippen LogP contribution >= 0.6 is 0 Å². The van der Waals surface area contributed by atoms with Crippen LogP contribution in [0.5, 0.6) is 5.75 Å². The van der Waals surface area contributed by atoms with Crippen LogP contribution in [-0.2, 0) is 0 Å². The van der Waals surface area contributed by atoms with Crippen LogP contribution in [0, 0.1) is 0 Å². The maximum atomic E-state index is 11.9. The van der Waals surface area contributed by atoms with E-state index in [9.17, 15) is 4.79 Å². The molecule has 3 N–H and O–H groups in total. The van der Waals surface area contributed by atoms with Gasteiger partial charge < -0.3 is 20.7 Å². The average molecular weight is 289 g/mol. The molecule has 1 saturated carbocycles. The third kappa shape index (κ3) is 4.11. The van der Waals surface area contributed by atoms with Crippen LogP contribution in [-0.4, -0.2) is 31.3 Å². The van der Waals surface area contributed by atoms with Crippen molar-refractivity contribution in [2.45, 2.75) is 44.2 Å². The maximum absolute atomic E-state index is 11.9. The van der Waals surface area contributed by atoms with Crippen molar-refractivity contribution in [3.05, 3.63) is 24.3 Å². The molecule has 1 aromatic rings. The molecule has 1 saturated heterocycles. The van der Waals surface area contributed by atoms with Crippen LogP contribution in [0.2, 0.25) is 0 Å². The van der Waals surface area contributed by atoms with Gasteiger partial charge in [-0.15, -0.1) is 0 Å². The van der Waals surface area contributed by atoms with E-state index in [1.54, 1.807) is 0 Å². The number of benzene rings is 1. The van der Waals surface area contributed by atoms with Crippen molar-refractivity contribution in [3.63, 3.8) is 0 Å². The first-order valence-corrected chi connectivity index (χ1v) is 7.84. The van der Waals surface area contributed by atoms with Gasteiger partial charge in [0.1, 0.15) is 5.75 Å². The summed E-state index contributed by atoms with van der Waals surface area (Å²) in [4.78, 5) is 11.9. The Labute approximate surface area is 125 Å². The fourth-order valence-electron chi connectivity index (χ4n) is 2.98. The second-order valence-electron chi connectivity index (χ2n) is 5.84. The first-order chi connectivity index (χ1) is 10.3. The Kier molecular flexibility index (Phi) is 4.60. The standard InChI is InChI=1S/C16H23N3O2/c20-16(19-13-8-9-17-11-13)18-12-4-3-7-15(10-12)21-14-5-1-2-6-14/h3-4,7,10,13-14,17H,1-2,5-6,8-9,11H2,(H2,18,19,20). The lowest BCUT2D eigenvalue weighted by atomic mass is 10.2. The van der Waals surface area contributed by atoms with Crippen LogP contribution in [0.4, 0.5) is 10.5 Å². The van der Waals surface area contributed by atoms with E-state index >= 15 is 0 Å². The summed E-state index contributed by atoms with van der Waals surface area (Å²) in [6.07, 6.45) is 6.08. The lowest BCUT2D eigenvalue weighted by molar-refractivity contribution is 0.210. The average Bonchev–Trinajstić information content (AvgIpc) is 3.12. The molecule has 1 aromatic carbocycles. The number of ether oxygens (including phenoxy) is 1. The predicted octanol–water partition coefficient (Wildman–Crippen LogP) is 2.49. The molecule has 2 amide bonds. The van der Waals surface area contributed by atoms with Crippen LogP contribution < -0.4 is 20.7 Å². The number of urea groups is 1. The summed E-state index contributed by atoms with van der Waals surface area (Å²) >= 11 is 0. The zero-order valence-electron chi connectivity index (χ0n) is 12.2. The number of rotatable bonds is 4. The minimum atomic E-state index is -0.151. The highest BCUT2D eigenvalue weighted by Crippen LogP contribution is 2.25. The SMILES string of the molecule is O=C(Nc1cccc(OC2CCCC2)c1)NC1CCNC1. The molecule has 1 aliphatic carbocycles. The van der Waals surface area contributed by atoms with Gasteiger partial charge in [-0.1, -0.05) is 6.07 Å². The Hall–Kier alpha value is -1.75. The highest BCUT2D eigenvalue weighted by Gasteiger charge is 2.18. The van der Waals surface area contributed by atoms with Crippen molar-refractivity contribution in [1.82, 2.24) is 10.6 Å². The van der Waals surface area contributed by atoms with E-state index in [-0.39, 0.29) is 12.1 Å². The second kappa shape index (κ2) is 6.80. The van der Waals surface area contributed by atoms with Crippen LogP contribution in [0.25, 0.3) is 0 Å². The monoisotopic (exact) mass is 289 g/mol.